The second-order valence-corrected chi connectivity index (χ2v) is 6.92. The minimum absolute atomic E-state index is 0.217. The maximum absolute atomic E-state index is 13.0. The molecular formula is C21H22FN5O3. The van der Waals surface area contributed by atoms with E-state index in [0.717, 1.165) is 5.56 Å². The highest BCUT2D eigenvalue weighted by Crippen LogP contribution is 2.13. The van der Waals surface area contributed by atoms with Crippen molar-refractivity contribution < 1.29 is 18.7 Å². The fourth-order valence-corrected chi connectivity index (χ4v) is 3.12. The van der Waals surface area contributed by atoms with E-state index in [1.807, 2.05) is 6.07 Å². The van der Waals surface area contributed by atoms with Crippen LogP contribution in [0.25, 0.3) is 0 Å². The summed E-state index contributed by atoms with van der Waals surface area (Å²) in [6.45, 7) is 2.19. The lowest BCUT2D eigenvalue weighted by atomic mass is 10.2. The number of nitrogens with zero attached hydrogens (tertiary/aromatic N) is 4. The average Bonchev–Trinajstić information content (AvgIpc) is 3.21. The predicted molar refractivity (Wildman–Crippen MR) is 108 cm³/mol. The molecule has 1 aromatic carbocycles. The van der Waals surface area contributed by atoms with Crippen LogP contribution in [0.4, 0.5) is 14.9 Å². The number of urea groups is 1. The summed E-state index contributed by atoms with van der Waals surface area (Å²) in [7, 11) is 0. The van der Waals surface area contributed by atoms with Crippen LogP contribution in [0.2, 0.25) is 0 Å². The third-order valence-corrected chi connectivity index (χ3v) is 4.64. The molecule has 2 amide bonds. The number of ether oxygens (including phenoxy) is 2. The van der Waals surface area contributed by atoms with Gasteiger partial charge in [0, 0.05) is 18.9 Å². The number of halogens is 1. The van der Waals surface area contributed by atoms with Gasteiger partial charge in [-0.2, -0.15) is 5.10 Å². The van der Waals surface area contributed by atoms with Crippen molar-refractivity contribution in [1.29, 1.82) is 0 Å². The van der Waals surface area contributed by atoms with Crippen LogP contribution in [-0.4, -0.2) is 58.1 Å². The minimum atomic E-state index is -0.276. The van der Waals surface area contributed by atoms with E-state index in [9.17, 15) is 9.18 Å². The Labute approximate surface area is 173 Å². The zero-order valence-corrected chi connectivity index (χ0v) is 16.3. The van der Waals surface area contributed by atoms with Crippen molar-refractivity contribution in [2.45, 2.75) is 12.6 Å². The molecule has 9 heteroatoms. The number of carbonyl (C=O) groups excluding carboxylic acids is 1. The maximum atomic E-state index is 13.0. The first-order valence-corrected chi connectivity index (χ1v) is 9.63. The van der Waals surface area contributed by atoms with Crippen molar-refractivity contribution in [1.82, 2.24) is 19.7 Å². The number of hydrogen-bond acceptors (Lipinski definition) is 5. The Morgan fingerprint density at radius 3 is 2.93 bits per heavy atom. The van der Waals surface area contributed by atoms with E-state index in [2.05, 4.69) is 15.4 Å². The van der Waals surface area contributed by atoms with E-state index in [4.69, 9.17) is 9.47 Å². The number of pyridine rings is 1. The fourth-order valence-electron chi connectivity index (χ4n) is 3.12. The molecule has 30 heavy (non-hydrogen) atoms. The van der Waals surface area contributed by atoms with Gasteiger partial charge in [0.05, 0.1) is 37.8 Å². The molecule has 1 fully saturated rings. The Hall–Kier alpha value is -3.46. The van der Waals surface area contributed by atoms with Gasteiger partial charge in [0.1, 0.15) is 24.3 Å². The summed E-state index contributed by atoms with van der Waals surface area (Å²) in [5.74, 6) is 0.387. The van der Waals surface area contributed by atoms with Crippen LogP contribution in [-0.2, 0) is 11.3 Å². The molecule has 0 saturated carbocycles. The zero-order valence-electron chi connectivity index (χ0n) is 16.3. The summed E-state index contributed by atoms with van der Waals surface area (Å²) >= 11 is 0. The van der Waals surface area contributed by atoms with E-state index in [-0.39, 0.29) is 18.0 Å². The third kappa shape index (κ3) is 5.32. The third-order valence-electron chi connectivity index (χ3n) is 4.64. The van der Waals surface area contributed by atoms with E-state index in [0.29, 0.717) is 44.3 Å². The SMILES string of the molecule is O=C(Nc1cnn(Cc2ccc(F)cc2)c1)N1CCOC(COc2cccnc2)C1. The summed E-state index contributed by atoms with van der Waals surface area (Å²) in [6.07, 6.45) is 6.43. The number of anilines is 1. The molecule has 2 aromatic heterocycles. The monoisotopic (exact) mass is 411 g/mol. The van der Waals surface area contributed by atoms with Gasteiger partial charge in [-0.15, -0.1) is 0 Å². The van der Waals surface area contributed by atoms with E-state index in [1.54, 1.807) is 52.6 Å². The second kappa shape index (κ2) is 9.36. The molecular weight excluding hydrogens is 389 g/mol. The highest BCUT2D eigenvalue weighted by atomic mass is 19.1. The van der Waals surface area contributed by atoms with Crippen molar-refractivity contribution >= 4 is 11.7 Å². The first-order chi connectivity index (χ1) is 14.7. The Bertz CT molecular complexity index is 964. The van der Waals surface area contributed by atoms with Gasteiger partial charge in [0.2, 0.25) is 0 Å². The highest BCUT2D eigenvalue weighted by Gasteiger charge is 2.25. The largest absolute Gasteiger partial charge is 0.489 e. The Morgan fingerprint density at radius 1 is 1.27 bits per heavy atom. The quantitative estimate of drug-likeness (QED) is 0.675. The van der Waals surface area contributed by atoms with Crippen molar-refractivity contribution in [2.24, 2.45) is 0 Å². The number of morpholine rings is 1. The lowest BCUT2D eigenvalue weighted by molar-refractivity contribution is -0.0337. The standard InChI is InChI=1S/C21H22FN5O3/c22-17-5-3-16(4-6-17)12-27-13-18(10-24-27)25-21(28)26-8-9-29-20(14-26)15-30-19-2-1-7-23-11-19/h1-7,10-11,13,20H,8-9,12,14-15H2,(H,25,28). The molecule has 1 unspecified atom stereocenters. The van der Waals surface area contributed by atoms with Gasteiger partial charge in [-0.1, -0.05) is 12.1 Å². The second-order valence-electron chi connectivity index (χ2n) is 6.92. The van der Waals surface area contributed by atoms with E-state index < -0.39 is 0 Å². The first kappa shape index (κ1) is 19.8. The molecule has 4 rings (SSSR count). The fraction of sp³-hybridized carbons (Fsp3) is 0.286. The van der Waals surface area contributed by atoms with Crippen molar-refractivity contribution in [3.8, 4) is 5.75 Å². The summed E-state index contributed by atoms with van der Waals surface area (Å²) in [6, 6.07) is 9.64. The van der Waals surface area contributed by atoms with E-state index >= 15 is 0 Å². The predicted octanol–water partition coefficient (Wildman–Crippen LogP) is 2.78. The highest BCUT2D eigenvalue weighted by molar-refractivity contribution is 5.89. The number of aromatic nitrogens is 3. The summed E-state index contributed by atoms with van der Waals surface area (Å²) in [5, 5.41) is 7.11. The molecule has 1 aliphatic heterocycles. The number of rotatable bonds is 6. The molecule has 1 saturated heterocycles. The molecule has 3 aromatic rings. The molecule has 8 nitrogen and oxygen atoms in total. The van der Waals surface area contributed by atoms with Gasteiger partial charge in [0.25, 0.3) is 0 Å². The Kier molecular flexibility index (Phi) is 6.19. The first-order valence-electron chi connectivity index (χ1n) is 9.63. The molecule has 0 spiro atoms. The zero-order chi connectivity index (χ0) is 20.8. The molecule has 1 N–H and O–H groups in total. The van der Waals surface area contributed by atoms with Crippen LogP contribution >= 0.6 is 0 Å². The van der Waals surface area contributed by atoms with Gasteiger partial charge in [0.15, 0.2) is 0 Å². The van der Waals surface area contributed by atoms with Gasteiger partial charge >= 0.3 is 6.03 Å². The normalized spacial score (nSPS) is 16.3. The molecule has 1 aliphatic rings. The van der Waals surface area contributed by atoms with Crippen LogP contribution in [0.15, 0.2) is 61.2 Å². The molecule has 0 aliphatic carbocycles. The lowest BCUT2D eigenvalue weighted by Crippen LogP contribution is -2.49. The van der Waals surface area contributed by atoms with E-state index in [1.165, 1.54) is 12.1 Å². The number of nitrogens with one attached hydrogen (secondary N) is 1. The summed E-state index contributed by atoms with van der Waals surface area (Å²) in [4.78, 5) is 18.3. The Balaban J connectivity index is 1.28. The summed E-state index contributed by atoms with van der Waals surface area (Å²) in [5.41, 5.74) is 1.51. The van der Waals surface area contributed by atoms with Crippen LogP contribution in [0.1, 0.15) is 5.56 Å². The lowest BCUT2D eigenvalue weighted by Gasteiger charge is -2.32. The molecule has 0 bridgehead atoms. The number of carbonyl (C=O) groups is 1. The van der Waals surface area contributed by atoms with Crippen molar-refractivity contribution in [3.63, 3.8) is 0 Å². The van der Waals surface area contributed by atoms with Crippen LogP contribution in [0.5, 0.6) is 5.75 Å². The smallest absolute Gasteiger partial charge is 0.322 e. The average molecular weight is 411 g/mol. The Morgan fingerprint density at radius 2 is 2.13 bits per heavy atom. The van der Waals surface area contributed by atoms with Crippen LogP contribution in [0.3, 0.4) is 0 Å². The summed E-state index contributed by atoms with van der Waals surface area (Å²) < 4.78 is 26.1. The molecule has 156 valence electrons. The van der Waals surface area contributed by atoms with Crippen LogP contribution in [0, 0.1) is 5.82 Å². The minimum Gasteiger partial charge on any atom is -0.489 e. The van der Waals surface area contributed by atoms with Gasteiger partial charge in [-0.25, -0.2) is 9.18 Å². The van der Waals surface area contributed by atoms with Gasteiger partial charge in [-0.05, 0) is 29.8 Å². The molecule has 0 radical (unpaired) electrons. The number of hydrogen-bond donors (Lipinski definition) is 1. The van der Waals surface area contributed by atoms with Crippen molar-refractivity contribution in [2.75, 3.05) is 31.6 Å². The number of benzene rings is 1. The topological polar surface area (TPSA) is 81.5 Å². The number of amides is 2. The van der Waals surface area contributed by atoms with Crippen molar-refractivity contribution in [3.05, 3.63) is 72.6 Å². The molecule has 3 heterocycles. The molecule has 1 atom stereocenters. The van der Waals surface area contributed by atoms with Crippen LogP contribution < -0.4 is 10.1 Å². The maximum Gasteiger partial charge on any atom is 0.322 e. The van der Waals surface area contributed by atoms with Gasteiger partial charge in [-0.3, -0.25) is 9.67 Å². The van der Waals surface area contributed by atoms with Gasteiger partial charge < -0.3 is 19.7 Å².